The van der Waals surface area contributed by atoms with Crippen LogP contribution < -0.4 is 10.2 Å². The highest BCUT2D eigenvalue weighted by atomic mass is 16.5. The van der Waals surface area contributed by atoms with Gasteiger partial charge in [-0.05, 0) is 32.0 Å². The molecule has 0 unspecified atom stereocenters. The van der Waals surface area contributed by atoms with Crippen molar-refractivity contribution in [1.82, 2.24) is 5.43 Å². The molecule has 1 N–H and O–H groups in total. The van der Waals surface area contributed by atoms with Crippen molar-refractivity contribution in [3.63, 3.8) is 0 Å². The molecule has 5 heteroatoms. The first kappa shape index (κ1) is 13.9. The Morgan fingerprint density at radius 1 is 1.25 bits per heavy atom. The molecule has 104 valence electrons. The average Bonchev–Trinajstić information content (AvgIpc) is 2.90. The molecule has 0 aliphatic carbocycles. The molecule has 0 fully saturated rings. The van der Waals surface area contributed by atoms with Gasteiger partial charge in [0, 0.05) is 5.56 Å². The number of para-hydroxylation sites is 1. The minimum atomic E-state index is -0.300. The molecule has 0 radical (unpaired) electrons. The van der Waals surface area contributed by atoms with Crippen LogP contribution in [0, 0.1) is 6.92 Å². The van der Waals surface area contributed by atoms with E-state index in [0.717, 1.165) is 5.56 Å². The van der Waals surface area contributed by atoms with E-state index in [9.17, 15) is 4.79 Å². The number of carbonyl (C=O) groups excluding carboxylic acids is 1. The molecule has 0 bridgehead atoms. The summed E-state index contributed by atoms with van der Waals surface area (Å²) in [6.45, 7) is 3.53. The van der Waals surface area contributed by atoms with E-state index in [1.807, 2.05) is 24.3 Å². The smallest absolute Gasteiger partial charge is 0.274 e. The van der Waals surface area contributed by atoms with Crippen LogP contribution in [0.5, 0.6) is 5.75 Å². The van der Waals surface area contributed by atoms with E-state index in [2.05, 4.69) is 10.5 Å². The summed E-state index contributed by atoms with van der Waals surface area (Å²) in [6, 6.07) is 9.10. The van der Waals surface area contributed by atoms with Crippen LogP contribution in [0.15, 0.2) is 46.1 Å². The van der Waals surface area contributed by atoms with E-state index in [-0.39, 0.29) is 5.91 Å². The molecule has 5 nitrogen and oxygen atoms in total. The highest BCUT2D eigenvalue weighted by molar-refractivity contribution is 6.02. The maximum Gasteiger partial charge on any atom is 0.274 e. The third-order valence-corrected chi connectivity index (χ3v) is 2.93. The Bertz CT molecular complexity index is 644. The predicted octanol–water partition coefficient (Wildman–Crippen LogP) is 2.75. The van der Waals surface area contributed by atoms with E-state index in [1.165, 1.54) is 6.26 Å². The van der Waals surface area contributed by atoms with Crippen molar-refractivity contribution in [2.45, 2.75) is 13.8 Å². The van der Waals surface area contributed by atoms with Gasteiger partial charge in [-0.15, -0.1) is 0 Å². The topological polar surface area (TPSA) is 63.8 Å². The molecule has 0 aliphatic rings. The number of nitrogens with one attached hydrogen (secondary N) is 1. The maximum atomic E-state index is 11.9. The number of aryl methyl sites for hydroxylation is 1. The van der Waals surface area contributed by atoms with E-state index in [1.54, 1.807) is 27.0 Å². The standard InChI is InChI=1S/C15H16N2O3/c1-10(12-6-4-5-7-14(12)19-3)16-17-15(18)13-8-9-20-11(13)2/h4-9H,1-3H3,(H,17,18)/b16-10-. The molecule has 1 amide bonds. The Morgan fingerprint density at radius 2 is 2.00 bits per heavy atom. The Morgan fingerprint density at radius 3 is 2.65 bits per heavy atom. The van der Waals surface area contributed by atoms with Gasteiger partial charge >= 0.3 is 0 Å². The Kier molecular flexibility index (Phi) is 4.20. The molecular weight excluding hydrogens is 256 g/mol. The van der Waals surface area contributed by atoms with E-state index < -0.39 is 0 Å². The van der Waals surface area contributed by atoms with Crippen LogP contribution in [0.3, 0.4) is 0 Å². The van der Waals surface area contributed by atoms with Gasteiger partial charge in [-0.25, -0.2) is 5.43 Å². The summed E-state index contributed by atoms with van der Waals surface area (Å²) >= 11 is 0. The molecule has 1 heterocycles. The molecule has 0 atom stereocenters. The molecule has 1 aromatic heterocycles. The minimum absolute atomic E-state index is 0.300. The lowest BCUT2D eigenvalue weighted by atomic mass is 10.1. The van der Waals surface area contributed by atoms with E-state index in [0.29, 0.717) is 22.8 Å². The van der Waals surface area contributed by atoms with Crippen molar-refractivity contribution in [2.75, 3.05) is 7.11 Å². The molecule has 20 heavy (non-hydrogen) atoms. The fourth-order valence-electron chi connectivity index (χ4n) is 1.82. The summed E-state index contributed by atoms with van der Waals surface area (Å²) in [5.74, 6) is 0.973. The normalized spacial score (nSPS) is 11.2. The van der Waals surface area contributed by atoms with E-state index in [4.69, 9.17) is 9.15 Å². The second-order valence-corrected chi connectivity index (χ2v) is 4.23. The number of carbonyl (C=O) groups is 1. The number of amides is 1. The largest absolute Gasteiger partial charge is 0.496 e. The lowest BCUT2D eigenvalue weighted by Crippen LogP contribution is -2.19. The first-order chi connectivity index (χ1) is 9.63. The van der Waals surface area contributed by atoms with Crippen LogP contribution in [0.4, 0.5) is 0 Å². The summed E-state index contributed by atoms with van der Waals surface area (Å²) in [5, 5.41) is 4.10. The number of ether oxygens (including phenoxy) is 1. The monoisotopic (exact) mass is 272 g/mol. The van der Waals surface area contributed by atoms with Crippen LogP contribution in [0.2, 0.25) is 0 Å². The van der Waals surface area contributed by atoms with E-state index >= 15 is 0 Å². The minimum Gasteiger partial charge on any atom is -0.496 e. The van der Waals surface area contributed by atoms with Crippen molar-refractivity contribution < 1.29 is 13.9 Å². The Balaban J connectivity index is 2.15. The molecule has 0 saturated heterocycles. The predicted molar refractivity (Wildman–Crippen MR) is 76.1 cm³/mol. The molecule has 0 spiro atoms. The third-order valence-electron chi connectivity index (χ3n) is 2.93. The molecule has 1 aromatic carbocycles. The van der Waals surface area contributed by atoms with Crippen molar-refractivity contribution in [3.8, 4) is 5.75 Å². The first-order valence-electron chi connectivity index (χ1n) is 6.15. The van der Waals surface area contributed by atoms with Crippen LogP contribution in [-0.2, 0) is 0 Å². The van der Waals surface area contributed by atoms with Gasteiger partial charge < -0.3 is 9.15 Å². The van der Waals surface area contributed by atoms with Gasteiger partial charge in [0.1, 0.15) is 11.5 Å². The van der Waals surface area contributed by atoms with Crippen LogP contribution in [-0.4, -0.2) is 18.7 Å². The third kappa shape index (κ3) is 2.88. The summed E-state index contributed by atoms with van der Waals surface area (Å²) in [6.07, 6.45) is 1.47. The van der Waals surface area contributed by atoms with Crippen molar-refractivity contribution in [2.24, 2.45) is 5.10 Å². The number of benzene rings is 1. The molecule has 2 aromatic rings. The number of methoxy groups -OCH3 is 1. The second-order valence-electron chi connectivity index (χ2n) is 4.23. The zero-order chi connectivity index (χ0) is 14.5. The van der Waals surface area contributed by atoms with Gasteiger partial charge in [-0.1, -0.05) is 12.1 Å². The summed E-state index contributed by atoms with van der Waals surface area (Å²) in [4.78, 5) is 11.9. The lowest BCUT2D eigenvalue weighted by molar-refractivity contribution is 0.0953. The maximum absolute atomic E-state index is 11.9. The van der Waals surface area contributed by atoms with Gasteiger partial charge in [0.25, 0.3) is 5.91 Å². The van der Waals surface area contributed by atoms with Gasteiger partial charge in [0.15, 0.2) is 0 Å². The highest BCUT2D eigenvalue weighted by Crippen LogP contribution is 2.18. The number of hydrogen-bond acceptors (Lipinski definition) is 4. The van der Waals surface area contributed by atoms with Crippen molar-refractivity contribution in [1.29, 1.82) is 0 Å². The van der Waals surface area contributed by atoms with Crippen LogP contribution in [0.25, 0.3) is 0 Å². The van der Waals surface area contributed by atoms with Gasteiger partial charge in [0.2, 0.25) is 0 Å². The average molecular weight is 272 g/mol. The molecule has 0 aliphatic heterocycles. The van der Waals surface area contributed by atoms with Crippen molar-refractivity contribution in [3.05, 3.63) is 53.5 Å². The number of hydrogen-bond donors (Lipinski definition) is 1. The van der Waals surface area contributed by atoms with Gasteiger partial charge in [0.05, 0.1) is 24.6 Å². The molecular formula is C15H16N2O3. The zero-order valence-electron chi connectivity index (χ0n) is 11.6. The fraction of sp³-hybridized carbons (Fsp3) is 0.200. The van der Waals surface area contributed by atoms with Gasteiger partial charge in [-0.2, -0.15) is 5.10 Å². The number of rotatable bonds is 4. The Hall–Kier alpha value is -2.56. The lowest BCUT2D eigenvalue weighted by Gasteiger charge is -2.07. The number of hydrazone groups is 1. The van der Waals surface area contributed by atoms with Gasteiger partial charge in [-0.3, -0.25) is 4.79 Å². The van der Waals surface area contributed by atoms with Crippen LogP contribution in [0.1, 0.15) is 28.6 Å². The highest BCUT2D eigenvalue weighted by Gasteiger charge is 2.11. The second kappa shape index (κ2) is 6.06. The van der Waals surface area contributed by atoms with Crippen molar-refractivity contribution >= 4 is 11.6 Å². The summed E-state index contributed by atoms with van der Waals surface area (Å²) in [5.41, 5.74) is 4.48. The van der Waals surface area contributed by atoms with Crippen LogP contribution >= 0.6 is 0 Å². The summed E-state index contributed by atoms with van der Waals surface area (Å²) < 4.78 is 10.3. The SMILES string of the molecule is COc1ccccc1/C(C)=N\NC(=O)c1ccoc1C. The first-order valence-corrected chi connectivity index (χ1v) is 6.15. The molecule has 2 rings (SSSR count). The quantitative estimate of drug-likeness (QED) is 0.687. The zero-order valence-corrected chi connectivity index (χ0v) is 11.6. The summed E-state index contributed by atoms with van der Waals surface area (Å²) in [7, 11) is 1.60. The molecule has 0 saturated carbocycles. The fourth-order valence-corrected chi connectivity index (χ4v) is 1.82. The number of nitrogens with zero attached hydrogens (tertiary/aromatic N) is 1. The number of furan rings is 1. The Labute approximate surface area is 117 Å².